The lowest BCUT2D eigenvalue weighted by molar-refractivity contribution is -0.141. The Labute approximate surface area is 138 Å². The van der Waals surface area contributed by atoms with E-state index in [9.17, 15) is 9.59 Å². The van der Waals surface area contributed by atoms with Gasteiger partial charge in [0.05, 0.1) is 11.9 Å². The van der Waals surface area contributed by atoms with Gasteiger partial charge in [0.2, 0.25) is 0 Å². The maximum atomic E-state index is 12.0. The molecule has 23 heavy (non-hydrogen) atoms. The summed E-state index contributed by atoms with van der Waals surface area (Å²) in [6.45, 7) is 1.84. The zero-order chi connectivity index (χ0) is 17.2. The molecule has 1 aromatic heterocycles. The molecule has 1 aromatic rings. The summed E-state index contributed by atoms with van der Waals surface area (Å²) in [6, 6.07) is 4.27. The van der Waals surface area contributed by atoms with Crippen LogP contribution in [0.4, 0.5) is 5.69 Å². The van der Waals surface area contributed by atoms with Gasteiger partial charge in [0.1, 0.15) is 17.7 Å². The molecular formula is C15H18N4O3S. The summed E-state index contributed by atoms with van der Waals surface area (Å²) < 4.78 is 0. The summed E-state index contributed by atoms with van der Waals surface area (Å²) in [5.41, 5.74) is 1.25. The number of aromatic nitrogens is 1. The molecule has 7 nitrogen and oxygen atoms in total. The van der Waals surface area contributed by atoms with Gasteiger partial charge in [0.15, 0.2) is 0 Å². The third kappa shape index (κ3) is 6.40. The van der Waals surface area contributed by atoms with Crippen LogP contribution in [0.15, 0.2) is 30.1 Å². The number of pyridine rings is 1. The first-order chi connectivity index (χ1) is 11.0. The van der Waals surface area contributed by atoms with Crippen molar-refractivity contribution in [3.63, 3.8) is 0 Å². The molecule has 0 saturated carbocycles. The highest BCUT2D eigenvalue weighted by Crippen LogP contribution is 2.07. The number of aryl methyl sites for hydroxylation is 1. The van der Waals surface area contributed by atoms with Crippen LogP contribution in [0.5, 0.6) is 0 Å². The van der Waals surface area contributed by atoms with Gasteiger partial charge in [0, 0.05) is 11.9 Å². The summed E-state index contributed by atoms with van der Waals surface area (Å²) in [6.07, 6.45) is 4.93. The average molecular weight is 334 g/mol. The summed E-state index contributed by atoms with van der Waals surface area (Å²) in [5, 5.41) is 23.3. The molecule has 8 heteroatoms. The van der Waals surface area contributed by atoms with Gasteiger partial charge >= 0.3 is 5.97 Å². The number of carbonyl (C=O) groups excluding carboxylic acids is 1. The highest BCUT2D eigenvalue weighted by molar-refractivity contribution is 7.98. The second-order valence-electron chi connectivity index (χ2n) is 4.65. The number of thioether (sulfide) groups is 1. The van der Waals surface area contributed by atoms with E-state index in [2.05, 4.69) is 15.6 Å². The maximum absolute atomic E-state index is 12.0. The van der Waals surface area contributed by atoms with Gasteiger partial charge in [-0.05, 0) is 37.5 Å². The molecule has 1 heterocycles. The SMILES string of the molecule is CSCCC(NC(=O)/C(C#N)=C\Nc1ccc(C)nc1)C(=O)O. The smallest absolute Gasteiger partial charge is 0.326 e. The standard InChI is InChI=1S/C15H18N4O3S/c1-10-3-4-12(9-17-10)18-8-11(7-16)14(20)19-13(15(21)22)5-6-23-2/h3-4,8-9,13,18H,5-6H2,1-2H3,(H,19,20)(H,21,22)/b11-8-. The van der Waals surface area contributed by atoms with Crippen LogP contribution in [-0.2, 0) is 9.59 Å². The number of hydrogen-bond acceptors (Lipinski definition) is 6. The molecule has 0 aliphatic heterocycles. The number of amides is 1. The van der Waals surface area contributed by atoms with Gasteiger partial charge in [-0.1, -0.05) is 0 Å². The molecule has 3 N–H and O–H groups in total. The van der Waals surface area contributed by atoms with Crippen molar-refractivity contribution < 1.29 is 14.7 Å². The number of nitriles is 1. The van der Waals surface area contributed by atoms with Gasteiger partial charge in [0.25, 0.3) is 5.91 Å². The fraction of sp³-hybridized carbons (Fsp3) is 0.333. The van der Waals surface area contributed by atoms with Crippen LogP contribution < -0.4 is 10.6 Å². The van der Waals surface area contributed by atoms with Crippen molar-refractivity contribution in [3.8, 4) is 6.07 Å². The van der Waals surface area contributed by atoms with E-state index in [1.807, 2.05) is 13.2 Å². The van der Waals surface area contributed by atoms with Crippen LogP contribution in [0.1, 0.15) is 12.1 Å². The minimum absolute atomic E-state index is 0.207. The molecular weight excluding hydrogens is 316 g/mol. The Kier molecular flexibility index (Phi) is 7.63. The summed E-state index contributed by atoms with van der Waals surface area (Å²) >= 11 is 1.48. The van der Waals surface area contributed by atoms with Crippen molar-refractivity contribution in [1.82, 2.24) is 10.3 Å². The van der Waals surface area contributed by atoms with Gasteiger partial charge in [-0.25, -0.2) is 4.79 Å². The molecule has 0 radical (unpaired) electrons. The fourth-order valence-corrected chi connectivity index (χ4v) is 2.06. The molecule has 0 aliphatic rings. The van der Waals surface area contributed by atoms with E-state index in [-0.39, 0.29) is 12.0 Å². The van der Waals surface area contributed by atoms with Gasteiger partial charge in [-0.15, -0.1) is 0 Å². The molecule has 1 rings (SSSR count). The van der Waals surface area contributed by atoms with Crippen molar-refractivity contribution in [2.45, 2.75) is 19.4 Å². The topological polar surface area (TPSA) is 115 Å². The predicted octanol–water partition coefficient (Wildman–Crippen LogP) is 1.53. The number of rotatable bonds is 8. The van der Waals surface area contributed by atoms with Crippen LogP contribution in [-0.4, -0.2) is 40.0 Å². The van der Waals surface area contributed by atoms with E-state index >= 15 is 0 Å². The Balaban J connectivity index is 2.73. The van der Waals surface area contributed by atoms with Gasteiger partial charge in [-0.2, -0.15) is 17.0 Å². The van der Waals surface area contributed by atoms with Crippen molar-refractivity contribution in [1.29, 1.82) is 5.26 Å². The van der Waals surface area contributed by atoms with Crippen molar-refractivity contribution in [2.75, 3.05) is 17.3 Å². The van der Waals surface area contributed by atoms with Crippen molar-refractivity contribution >= 4 is 29.3 Å². The minimum Gasteiger partial charge on any atom is -0.480 e. The monoisotopic (exact) mass is 334 g/mol. The van der Waals surface area contributed by atoms with E-state index in [4.69, 9.17) is 10.4 Å². The highest BCUT2D eigenvalue weighted by Gasteiger charge is 2.21. The molecule has 1 atom stereocenters. The van der Waals surface area contributed by atoms with Crippen LogP contribution in [0, 0.1) is 18.3 Å². The molecule has 122 valence electrons. The van der Waals surface area contributed by atoms with E-state index in [0.29, 0.717) is 11.4 Å². The molecule has 0 fully saturated rings. The Morgan fingerprint density at radius 1 is 1.52 bits per heavy atom. The fourth-order valence-electron chi connectivity index (χ4n) is 1.59. The third-order valence-corrected chi connectivity index (χ3v) is 3.52. The summed E-state index contributed by atoms with van der Waals surface area (Å²) in [7, 11) is 0. The Hall–Kier alpha value is -2.53. The second-order valence-corrected chi connectivity index (χ2v) is 5.63. The highest BCUT2D eigenvalue weighted by atomic mass is 32.2. The lowest BCUT2D eigenvalue weighted by atomic mass is 10.2. The van der Waals surface area contributed by atoms with Crippen molar-refractivity contribution in [3.05, 3.63) is 35.8 Å². The lowest BCUT2D eigenvalue weighted by Crippen LogP contribution is -2.41. The molecule has 1 unspecified atom stereocenters. The zero-order valence-electron chi connectivity index (χ0n) is 12.9. The number of carboxylic acid groups (broad SMARTS) is 1. The molecule has 0 spiro atoms. The second kappa shape index (κ2) is 9.48. The van der Waals surface area contributed by atoms with Crippen molar-refractivity contribution in [2.24, 2.45) is 0 Å². The number of carbonyl (C=O) groups is 2. The summed E-state index contributed by atoms with van der Waals surface area (Å²) in [5.74, 6) is -1.26. The first-order valence-corrected chi connectivity index (χ1v) is 8.19. The number of aliphatic carboxylic acids is 1. The number of nitrogens with zero attached hydrogens (tertiary/aromatic N) is 2. The third-order valence-electron chi connectivity index (χ3n) is 2.87. The van der Waals surface area contributed by atoms with Crippen LogP contribution in [0.25, 0.3) is 0 Å². The Bertz CT molecular complexity index is 623. The molecule has 0 saturated heterocycles. The van der Waals surface area contributed by atoms with E-state index in [1.165, 1.54) is 18.0 Å². The molecule has 1 amide bonds. The molecule has 0 aromatic carbocycles. The van der Waals surface area contributed by atoms with E-state index in [1.54, 1.807) is 24.4 Å². The predicted molar refractivity (Wildman–Crippen MR) is 88.9 cm³/mol. The van der Waals surface area contributed by atoms with Crippen LogP contribution in [0.3, 0.4) is 0 Å². The number of hydrogen-bond donors (Lipinski definition) is 3. The normalized spacial score (nSPS) is 12.1. The number of nitrogens with one attached hydrogen (secondary N) is 2. The van der Waals surface area contributed by atoms with E-state index in [0.717, 1.165) is 5.69 Å². The minimum atomic E-state index is -1.12. The maximum Gasteiger partial charge on any atom is 0.326 e. The summed E-state index contributed by atoms with van der Waals surface area (Å²) in [4.78, 5) is 27.2. The zero-order valence-corrected chi connectivity index (χ0v) is 13.7. The van der Waals surface area contributed by atoms with E-state index < -0.39 is 17.9 Å². The first kappa shape index (κ1) is 18.5. The quantitative estimate of drug-likeness (QED) is 0.488. The largest absolute Gasteiger partial charge is 0.480 e. The Morgan fingerprint density at radius 2 is 2.26 bits per heavy atom. The molecule has 0 aliphatic carbocycles. The van der Waals surface area contributed by atoms with Gasteiger partial charge in [-0.3, -0.25) is 9.78 Å². The van der Waals surface area contributed by atoms with Crippen LogP contribution >= 0.6 is 11.8 Å². The average Bonchev–Trinajstić information content (AvgIpc) is 2.53. The van der Waals surface area contributed by atoms with Crippen LogP contribution in [0.2, 0.25) is 0 Å². The number of carboxylic acids is 1. The first-order valence-electron chi connectivity index (χ1n) is 6.80. The molecule has 0 bridgehead atoms. The number of anilines is 1. The lowest BCUT2D eigenvalue weighted by Gasteiger charge is -2.13. The Morgan fingerprint density at radius 3 is 2.78 bits per heavy atom. The van der Waals surface area contributed by atoms with Gasteiger partial charge < -0.3 is 15.7 Å².